The molecule has 2 nitrogen and oxygen atoms in total. The molecule has 0 amide bonds. The Morgan fingerprint density at radius 3 is 2.00 bits per heavy atom. The van der Waals surface area contributed by atoms with Crippen molar-refractivity contribution in [1.82, 2.24) is 0 Å². The highest BCUT2D eigenvalue weighted by atomic mass is 16.1. The first-order valence-electron chi connectivity index (χ1n) is 5.79. The normalized spacial score (nSPS) is 10.5. The average molecular weight is 226 g/mol. The molecule has 2 heteroatoms. The van der Waals surface area contributed by atoms with Crippen LogP contribution in [0.2, 0.25) is 0 Å². The number of hydrogen-bond donors (Lipinski definition) is 0. The Bertz CT molecular complexity index is 500. The van der Waals surface area contributed by atoms with E-state index in [1.165, 1.54) is 5.56 Å². The van der Waals surface area contributed by atoms with E-state index in [1.54, 1.807) is 24.5 Å². The first-order chi connectivity index (χ1) is 8.18. The molecule has 2 aromatic rings. The van der Waals surface area contributed by atoms with Crippen LogP contribution >= 0.6 is 0 Å². The molecule has 2 rings (SSSR count). The van der Waals surface area contributed by atoms with E-state index in [9.17, 15) is 4.79 Å². The molecule has 0 aliphatic carbocycles. The lowest BCUT2D eigenvalue weighted by atomic mass is 9.98. The summed E-state index contributed by atoms with van der Waals surface area (Å²) in [5.41, 5.74) is 2.70. The van der Waals surface area contributed by atoms with Gasteiger partial charge in [0.25, 0.3) is 0 Å². The number of pyridine rings is 1. The van der Waals surface area contributed by atoms with Crippen molar-refractivity contribution in [2.24, 2.45) is 0 Å². The summed E-state index contributed by atoms with van der Waals surface area (Å²) >= 11 is 0. The fourth-order valence-electron chi connectivity index (χ4n) is 1.72. The van der Waals surface area contributed by atoms with E-state index in [4.69, 9.17) is 0 Å². The first kappa shape index (κ1) is 11.5. The van der Waals surface area contributed by atoms with Gasteiger partial charge in [-0.15, -0.1) is 0 Å². The minimum Gasteiger partial charge on any atom is -0.289 e. The predicted octanol–water partition coefficient (Wildman–Crippen LogP) is 2.86. The van der Waals surface area contributed by atoms with Crippen LogP contribution in [0.3, 0.4) is 0 Å². The molecule has 1 aromatic heterocycles. The highest BCUT2D eigenvalue weighted by Crippen LogP contribution is 2.16. The Hall–Kier alpha value is -1.96. The summed E-state index contributed by atoms with van der Waals surface area (Å²) in [6.07, 6.45) is 3.52. The van der Waals surface area contributed by atoms with Gasteiger partial charge in [0.2, 0.25) is 0 Å². The SMILES string of the molecule is CC(C)c1ccc(C(=O)c2cc[nH+]cc2)cc1. The maximum atomic E-state index is 12.1. The van der Waals surface area contributed by atoms with E-state index in [-0.39, 0.29) is 5.78 Å². The molecule has 0 fully saturated rings. The van der Waals surface area contributed by atoms with E-state index in [1.807, 2.05) is 24.3 Å². The maximum Gasteiger partial charge on any atom is 0.193 e. The van der Waals surface area contributed by atoms with Gasteiger partial charge in [-0.25, -0.2) is 4.98 Å². The Balaban J connectivity index is 2.27. The largest absolute Gasteiger partial charge is 0.289 e. The van der Waals surface area contributed by atoms with Gasteiger partial charge in [-0.1, -0.05) is 38.1 Å². The molecule has 1 heterocycles. The van der Waals surface area contributed by atoms with Crippen LogP contribution in [-0.2, 0) is 0 Å². The van der Waals surface area contributed by atoms with Crippen LogP contribution in [0.25, 0.3) is 0 Å². The van der Waals surface area contributed by atoms with Gasteiger partial charge in [-0.3, -0.25) is 4.79 Å². The Morgan fingerprint density at radius 2 is 1.47 bits per heavy atom. The number of carbonyl (C=O) groups excluding carboxylic acids is 1. The first-order valence-corrected chi connectivity index (χ1v) is 5.79. The molecule has 86 valence electrons. The second-order valence-electron chi connectivity index (χ2n) is 4.39. The van der Waals surface area contributed by atoms with Crippen LogP contribution in [0.5, 0.6) is 0 Å². The maximum absolute atomic E-state index is 12.1. The third kappa shape index (κ3) is 2.59. The van der Waals surface area contributed by atoms with Gasteiger partial charge >= 0.3 is 0 Å². The van der Waals surface area contributed by atoms with Crippen LogP contribution in [0.1, 0.15) is 41.3 Å². The van der Waals surface area contributed by atoms with Crippen molar-refractivity contribution < 1.29 is 9.78 Å². The van der Waals surface area contributed by atoms with Crippen molar-refractivity contribution in [3.05, 3.63) is 65.5 Å². The van der Waals surface area contributed by atoms with Crippen LogP contribution in [0, 0.1) is 0 Å². The lowest BCUT2D eigenvalue weighted by molar-refractivity contribution is -0.378. The third-order valence-electron chi connectivity index (χ3n) is 2.82. The summed E-state index contributed by atoms with van der Waals surface area (Å²) < 4.78 is 0. The molecular weight excluding hydrogens is 210 g/mol. The molecule has 0 bridgehead atoms. The van der Waals surface area contributed by atoms with E-state index >= 15 is 0 Å². The number of aromatic amines is 1. The quantitative estimate of drug-likeness (QED) is 0.740. The van der Waals surface area contributed by atoms with Crippen molar-refractivity contribution in [2.75, 3.05) is 0 Å². The van der Waals surface area contributed by atoms with E-state index in [0.717, 1.165) is 5.56 Å². The van der Waals surface area contributed by atoms with Gasteiger partial charge in [0.15, 0.2) is 18.2 Å². The summed E-state index contributed by atoms with van der Waals surface area (Å²) in [6.45, 7) is 4.29. The van der Waals surface area contributed by atoms with E-state index in [0.29, 0.717) is 11.5 Å². The van der Waals surface area contributed by atoms with E-state index in [2.05, 4.69) is 18.8 Å². The van der Waals surface area contributed by atoms with Gasteiger partial charge in [0.05, 0.1) is 0 Å². The molecule has 1 N–H and O–H groups in total. The predicted molar refractivity (Wildman–Crippen MR) is 67.0 cm³/mol. The summed E-state index contributed by atoms with van der Waals surface area (Å²) in [5.74, 6) is 0.555. The molecule has 1 aromatic carbocycles. The molecule has 0 spiro atoms. The molecule has 0 radical (unpaired) electrons. The van der Waals surface area contributed by atoms with Crippen molar-refractivity contribution in [1.29, 1.82) is 0 Å². The fraction of sp³-hybridized carbons (Fsp3) is 0.200. The number of nitrogens with one attached hydrogen (secondary N) is 1. The fourth-order valence-corrected chi connectivity index (χ4v) is 1.72. The van der Waals surface area contributed by atoms with Gasteiger partial charge in [-0.05, 0) is 11.5 Å². The van der Waals surface area contributed by atoms with Crippen LogP contribution in [0.4, 0.5) is 0 Å². The highest BCUT2D eigenvalue weighted by Gasteiger charge is 2.09. The van der Waals surface area contributed by atoms with Crippen LogP contribution < -0.4 is 4.98 Å². The monoisotopic (exact) mass is 226 g/mol. The van der Waals surface area contributed by atoms with Crippen LogP contribution in [0.15, 0.2) is 48.8 Å². The standard InChI is InChI=1S/C15H15NO/c1-11(2)12-3-5-13(6-4-12)15(17)14-7-9-16-10-8-14/h3-11H,1-2H3/p+1. The number of rotatable bonds is 3. The lowest BCUT2D eigenvalue weighted by Gasteiger charge is -2.06. The van der Waals surface area contributed by atoms with Crippen molar-refractivity contribution >= 4 is 5.78 Å². The number of carbonyl (C=O) groups is 1. The minimum atomic E-state index is 0.0642. The van der Waals surface area contributed by atoms with E-state index < -0.39 is 0 Å². The minimum absolute atomic E-state index is 0.0642. The van der Waals surface area contributed by atoms with Crippen molar-refractivity contribution in [3.8, 4) is 0 Å². The number of benzene rings is 1. The second-order valence-corrected chi connectivity index (χ2v) is 4.39. The number of aromatic nitrogens is 1. The molecule has 0 saturated heterocycles. The Kier molecular flexibility index (Phi) is 3.33. The van der Waals surface area contributed by atoms with Gasteiger partial charge in [0.1, 0.15) is 0 Å². The van der Waals surface area contributed by atoms with Crippen molar-refractivity contribution in [2.45, 2.75) is 19.8 Å². The molecule has 0 saturated carbocycles. The summed E-state index contributed by atoms with van der Waals surface area (Å²) in [4.78, 5) is 15.0. The second kappa shape index (κ2) is 4.91. The zero-order valence-electron chi connectivity index (χ0n) is 10.1. The van der Waals surface area contributed by atoms with Crippen molar-refractivity contribution in [3.63, 3.8) is 0 Å². The summed E-state index contributed by atoms with van der Waals surface area (Å²) in [5, 5.41) is 0. The zero-order valence-corrected chi connectivity index (χ0v) is 10.1. The average Bonchev–Trinajstić information content (AvgIpc) is 2.39. The lowest BCUT2D eigenvalue weighted by Crippen LogP contribution is -2.05. The highest BCUT2D eigenvalue weighted by molar-refractivity contribution is 6.08. The Morgan fingerprint density at radius 1 is 0.941 bits per heavy atom. The molecule has 0 aliphatic rings. The number of ketones is 1. The van der Waals surface area contributed by atoms with Gasteiger partial charge in [0, 0.05) is 23.3 Å². The number of H-pyrrole nitrogens is 1. The number of hydrogen-bond acceptors (Lipinski definition) is 1. The molecular formula is C15H16NO+. The van der Waals surface area contributed by atoms with Gasteiger partial charge < -0.3 is 0 Å². The zero-order chi connectivity index (χ0) is 12.3. The summed E-state index contributed by atoms with van der Waals surface area (Å²) in [7, 11) is 0. The molecule has 0 atom stereocenters. The topological polar surface area (TPSA) is 31.2 Å². The molecule has 17 heavy (non-hydrogen) atoms. The van der Waals surface area contributed by atoms with Gasteiger partial charge in [-0.2, -0.15) is 0 Å². The molecule has 0 aliphatic heterocycles. The summed E-state index contributed by atoms with van der Waals surface area (Å²) in [6, 6.07) is 11.4. The Labute approximate surface area is 101 Å². The molecule has 0 unspecified atom stereocenters. The van der Waals surface area contributed by atoms with Crippen LogP contribution in [-0.4, -0.2) is 5.78 Å². The smallest absolute Gasteiger partial charge is 0.193 e. The third-order valence-corrected chi connectivity index (χ3v) is 2.82.